The van der Waals surface area contributed by atoms with E-state index in [-0.39, 0.29) is 18.4 Å². The molecule has 0 spiro atoms. The number of carbonyl (C=O) groups is 2. The molecule has 2 rings (SSSR count). The Hall–Kier alpha value is -1.85. The number of carbonyl (C=O) groups excluding carboxylic acids is 2. The third-order valence-electron chi connectivity index (χ3n) is 3.14. The van der Waals surface area contributed by atoms with E-state index in [2.05, 4.69) is 5.32 Å². The topological polar surface area (TPSA) is 49.4 Å². The van der Waals surface area contributed by atoms with Gasteiger partial charge in [-0.05, 0) is 36.1 Å². The van der Waals surface area contributed by atoms with Crippen molar-refractivity contribution in [2.45, 2.75) is 13.5 Å². The molecule has 0 aliphatic carbocycles. The van der Waals surface area contributed by atoms with Crippen LogP contribution in [0.5, 0.6) is 0 Å². The molecule has 4 nitrogen and oxygen atoms in total. The molecular formula is C16H17ClN2O2S. The monoisotopic (exact) mass is 336 g/mol. The minimum Gasteiger partial charge on any atom is -0.342 e. The van der Waals surface area contributed by atoms with Crippen molar-refractivity contribution in [2.24, 2.45) is 0 Å². The Morgan fingerprint density at radius 1 is 1.27 bits per heavy atom. The number of amides is 2. The van der Waals surface area contributed by atoms with Gasteiger partial charge in [-0.2, -0.15) is 0 Å². The Bertz CT molecular complexity index is 643. The summed E-state index contributed by atoms with van der Waals surface area (Å²) in [5, 5.41) is 5.12. The van der Waals surface area contributed by atoms with Crippen LogP contribution in [0.3, 0.4) is 0 Å². The van der Waals surface area contributed by atoms with Gasteiger partial charge >= 0.3 is 0 Å². The molecule has 0 saturated carbocycles. The standard InChI is InChI=1S/C16H17ClN2O2S/c1-2-19(11-12-5-3-6-13(17)9-12)15(20)10-18-16(21)14-7-4-8-22-14/h3-9H,2,10-11H2,1H3,(H,18,21). The van der Waals surface area contributed by atoms with Crippen molar-refractivity contribution in [3.63, 3.8) is 0 Å². The highest BCUT2D eigenvalue weighted by Crippen LogP contribution is 2.13. The largest absolute Gasteiger partial charge is 0.342 e. The van der Waals surface area contributed by atoms with E-state index < -0.39 is 0 Å². The van der Waals surface area contributed by atoms with Crippen molar-refractivity contribution in [3.05, 3.63) is 57.2 Å². The Kier molecular flexibility index (Phi) is 5.98. The van der Waals surface area contributed by atoms with E-state index in [1.165, 1.54) is 11.3 Å². The molecule has 1 aromatic heterocycles. The number of nitrogens with zero attached hydrogens (tertiary/aromatic N) is 1. The molecule has 6 heteroatoms. The van der Waals surface area contributed by atoms with Gasteiger partial charge in [-0.25, -0.2) is 0 Å². The number of hydrogen-bond acceptors (Lipinski definition) is 3. The molecule has 1 heterocycles. The molecule has 0 fully saturated rings. The number of rotatable bonds is 6. The summed E-state index contributed by atoms with van der Waals surface area (Å²) in [6, 6.07) is 10.9. The highest BCUT2D eigenvalue weighted by molar-refractivity contribution is 7.12. The van der Waals surface area contributed by atoms with Crippen molar-refractivity contribution >= 4 is 34.8 Å². The Balaban J connectivity index is 1.90. The molecule has 1 aromatic carbocycles. The average Bonchev–Trinajstić information content (AvgIpc) is 3.04. The van der Waals surface area contributed by atoms with Crippen LogP contribution in [-0.4, -0.2) is 29.8 Å². The van der Waals surface area contributed by atoms with Crippen LogP contribution in [0, 0.1) is 0 Å². The molecule has 2 amide bonds. The van der Waals surface area contributed by atoms with Gasteiger partial charge in [0.15, 0.2) is 0 Å². The molecule has 0 saturated heterocycles. The highest BCUT2D eigenvalue weighted by Gasteiger charge is 2.14. The molecule has 0 bridgehead atoms. The zero-order chi connectivity index (χ0) is 15.9. The minimum absolute atomic E-state index is 0.00879. The lowest BCUT2D eigenvalue weighted by Gasteiger charge is -2.21. The van der Waals surface area contributed by atoms with Crippen LogP contribution < -0.4 is 5.32 Å². The summed E-state index contributed by atoms with van der Waals surface area (Å²) in [7, 11) is 0. The number of halogens is 1. The predicted molar refractivity (Wildman–Crippen MR) is 89.2 cm³/mol. The maximum Gasteiger partial charge on any atom is 0.261 e. The Morgan fingerprint density at radius 3 is 2.73 bits per heavy atom. The normalized spacial score (nSPS) is 10.3. The Morgan fingerprint density at radius 2 is 2.09 bits per heavy atom. The molecule has 0 unspecified atom stereocenters. The lowest BCUT2D eigenvalue weighted by Crippen LogP contribution is -2.39. The van der Waals surface area contributed by atoms with E-state index in [1.807, 2.05) is 30.5 Å². The summed E-state index contributed by atoms with van der Waals surface area (Å²) >= 11 is 7.30. The van der Waals surface area contributed by atoms with Crippen LogP contribution in [0.4, 0.5) is 0 Å². The first-order valence-corrected chi connectivity index (χ1v) is 8.20. The maximum absolute atomic E-state index is 12.2. The smallest absolute Gasteiger partial charge is 0.261 e. The van der Waals surface area contributed by atoms with Crippen LogP contribution >= 0.6 is 22.9 Å². The molecule has 0 atom stereocenters. The molecular weight excluding hydrogens is 320 g/mol. The number of hydrogen-bond donors (Lipinski definition) is 1. The van der Waals surface area contributed by atoms with Crippen molar-refractivity contribution in [1.29, 1.82) is 0 Å². The summed E-state index contributed by atoms with van der Waals surface area (Å²) in [5.74, 6) is -0.338. The Labute approximate surface area is 138 Å². The molecule has 1 N–H and O–H groups in total. The van der Waals surface area contributed by atoms with E-state index in [9.17, 15) is 9.59 Å². The second-order valence-electron chi connectivity index (χ2n) is 4.70. The van der Waals surface area contributed by atoms with Crippen LogP contribution in [0.25, 0.3) is 0 Å². The van der Waals surface area contributed by atoms with Crippen LogP contribution in [0.1, 0.15) is 22.2 Å². The maximum atomic E-state index is 12.2. The van der Waals surface area contributed by atoms with Gasteiger partial charge < -0.3 is 10.2 Å². The lowest BCUT2D eigenvalue weighted by atomic mass is 10.2. The van der Waals surface area contributed by atoms with E-state index in [0.717, 1.165) is 5.56 Å². The zero-order valence-electron chi connectivity index (χ0n) is 12.2. The summed E-state index contributed by atoms with van der Waals surface area (Å²) in [6.07, 6.45) is 0. The molecule has 116 valence electrons. The van der Waals surface area contributed by atoms with E-state index >= 15 is 0 Å². The van der Waals surface area contributed by atoms with Crippen LogP contribution in [0.2, 0.25) is 5.02 Å². The van der Waals surface area contributed by atoms with Crippen LogP contribution in [0.15, 0.2) is 41.8 Å². The van der Waals surface area contributed by atoms with Gasteiger partial charge in [-0.15, -0.1) is 11.3 Å². The molecule has 0 radical (unpaired) electrons. The van der Waals surface area contributed by atoms with E-state index in [1.54, 1.807) is 23.1 Å². The first kappa shape index (κ1) is 16.5. The molecule has 2 aromatic rings. The van der Waals surface area contributed by atoms with Gasteiger partial charge in [-0.1, -0.05) is 29.8 Å². The molecule has 0 aliphatic heterocycles. The predicted octanol–water partition coefficient (Wildman–Crippen LogP) is 3.18. The highest BCUT2D eigenvalue weighted by atomic mass is 35.5. The fourth-order valence-corrected chi connectivity index (χ4v) is 2.85. The molecule has 22 heavy (non-hydrogen) atoms. The average molecular weight is 337 g/mol. The third-order valence-corrected chi connectivity index (χ3v) is 4.25. The van der Waals surface area contributed by atoms with Crippen molar-refractivity contribution < 1.29 is 9.59 Å². The summed E-state index contributed by atoms with van der Waals surface area (Å²) in [5.41, 5.74) is 0.965. The summed E-state index contributed by atoms with van der Waals surface area (Å²) in [6.45, 7) is 2.94. The third kappa shape index (κ3) is 4.58. The SMILES string of the molecule is CCN(Cc1cccc(Cl)c1)C(=O)CNC(=O)c1cccs1. The van der Waals surface area contributed by atoms with Gasteiger partial charge in [0.1, 0.15) is 0 Å². The van der Waals surface area contributed by atoms with E-state index in [0.29, 0.717) is 23.0 Å². The van der Waals surface area contributed by atoms with Crippen molar-refractivity contribution in [3.8, 4) is 0 Å². The first-order chi connectivity index (χ1) is 10.6. The van der Waals surface area contributed by atoms with Crippen LogP contribution in [-0.2, 0) is 11.3 Å². The fourth-order valence-electron chi connectivity index (χ4n) is 1.99. The lowest BCUT2D eigenvalue weighted by molar-refractivity contribution is -0.130. The summed E-state index contributed by atoms with van der Waals surface area (Å²) < 4.78 is 0. The van der Waals surface area contributed by atoms with Crippen molar-refractivity contribution in [2.75, 3.05) is 13.1 Å². The second-order valence-corrected chi connectivity index (χ2v) is 6.08. The quantitative estimate of drug-likeness (QED) is 0.880. The number of nitrogens with one attached hydrogen (secondary N) is 1. The van der Waals surface area contributed by atoms with Crippen molar-refractivity contribution in [1.82, 2.24) is 10.2 Å². The molecule has 0 aliphatic rings. The fraction of sp³-hybridized carbons (Fsp3) is 0.250. The minimum atomic E-state index is -0.220. The van der Waals surface area contributed by atoms with Gasteiger partial charge in [0.25, 0.3) is 5.91 Å². The van der Waals surface area contributed by atoms with Gasteiger partial charge in [0.05, 0.1) is 11.4 Å². The number of thiophene rings is 1. The zero-order valence-corrected chi connectivity index (χ0v) is 13.8. The first-order valence-electron chi connectivity index (χ1n) is 6.94. The number of likely N-dealkylation sites (N-methyl/N-ethyl adjacent to an activating group) is 1. The number of benzene rings is 1. The van der Waals surface area contributed by atoms with Gasteiger partial charge in [0.2, 0.25) is 5.91 Å². The van der Waals surface area contributed by atoms with Gasteiger partial charge in [0, 0.05) is 18.1 Å². The van der Waals surface area contributed by atoms with Gasteiger partial charge in [-0.3, -0.25) is 9.59 Å². The second kappa shape index (κ2) is 7.96. The summed E-state index contributed by atoms with van der Waals surface area (Å²) in [4.78, 5) is 26.3. The van der Waals surface area contributed by atoms with E-state index in [4.69, 9.17) is 11.6 Å².